The van der Waals surface area contributed by atoms with Gasteiger partial charge in [-0.3, -0.25) is 9.59 Å². The minimum Gasteiger partial charge on any atom is -0.468 e. The highest BCUT2D eigenvalue weighted by Crippen LogP contribution is 2.24. The van der Waals surface area contributed by atoms with Gasteiger partial charge in [-0.1, -0.05) is 23.7 Å². The predicted molar refractivity (Wildman–Crippen MR) is 109 cm³/mol. The third-order valence-electron chi connectivity index (χ3n) is 4.03. The van der Waals surface area contributed by atoms with Crippen molar-refractivity contribution in [2.75, 3.05) is 5.32 Å². The van der Waals surface area contributed by atoms with Crippen molar-refractivity contribution in [3.63, 3.8) is 0 Å². The second kappa shape index (κ2) is 8.60. The molecule has 2 aromatic carbocycles. The molecule has 1 aromatic heterocycles. The van der Waals surface area contributed by atoms with E-state index < -0.39 is 15.9 Å². The lowest BCUT2D eigenvalue weighted by Gasteiger charge is -2.10. The molecule has 0 aliphatic carbocycles. The summed E-state index contributed by atoms with van der Waals surface area (Å²) in [5.74, 6) is -0.239. The van der Waals surface area contributed by atoms with Gasteiger partial charge in [0.05, 0.1) is 17.8 Å². The first-order valence-corrected chi connectivity index (χ1v) is 10.4. The first-order chi connectivity index (χ1) is 13.8. The molecule has 1 amide bonds. The van der Waals surface area contributed by atoms with Crippen LogP contribution in [0.5, 0.6) is 0 Å². The number of carbonyl (C=O) groups excluding carboxylic acids is 2. The largest absolute Gasteiger partial charge is 0.468 e. The summed E-state index contributed by atoms with van der Waals surface area (Å²) in [5.41, 5.74) is 0.961. The van der Waals surface area contributed by atoms with Crippen molar-refractivity contribution in [1.29, 1.82) is 0 Å². The van der Waals surface area contributed by atoms with Gasteiger partial charge in [0.25, 0.3) is 5.91 Å². The quantitative estimate of drug-likeness (QED) is 0.551. The van der Waals surface area contributed by atoms with Crippen LogP contribution in [0.2, 0.25) is 5.02 Å². The van der Waals surface area contributed by atoms with Crippen molar-refractivity contribution < 1.29 is 22.4 Å². The van der Waals surface area contributed by atoms with Crippen LogP contribution in [0.4, 0.5) is 5.69 Å². The van der Waals surface area contributed by atoms with E-state index in [9.17, 15) is 18.0 Å². The van der Waals surface area contributed by atoms with Gasteiger partial charge in [0.2, 0.25) is 10.0 Å². The average molecular weight is 433 g/mol. The molecule has 7 nitrogen and oxygen atoms in total. The lowest BCUT2D eigenvalue weighted by Crippen LogP contribution is -2.24. The van der Waals surface area contributed by atoms with Crippen LogP contribution < -0.4 is 10.0 Å². The molecular formula is C20H17ClN2O5S. The first-order valence-electron chi connectivity index (χ1n) is 8.50. The summed E-state index contributed by atoms with van der Waals surface area (Å²) >= 11 is 6.05. The third kappa shape index (κ3) is 5.11. The summed E-state index contributed by atoms with van der Waals surface area (Å²) < 4.78 is 32.7. The first kappa shape index (κ1) is 20.8. The van der Waals surface area contributed by atoms with Gasteiger partial charge < -0.3 is 9.73 Å². The summed E-state index contributed by atoms with van der Waals surface area (Å²) in [6, 6.07) is 13.7. The Kier molecular flexibility index (Phi) is 6.17. The minimum atomic E-state index is -3.98. The van der Waals surface area contributed by atoms with Gasteiger partial charge >= 0.3 is 0 Å². The topological polar surface area (TPSA) is 105 Å². The number of furan rings is 1. The van der Waals surface area contributed by atoms with Gasteiger partial charge in [0, 0.05) is 16.8 Å². The summed E-state index contributed by atoms with van der Waals surface area (Å²) in [7, 11) is -3.98. The molecule has 0 aliphatic heterocycles. The van der Waals surface area contributed by atoms with Gasteiger partial charge in [-0.2, -0.15) is 0 Å². The van der Waals surface area contributed by atoms with Crippen LogP contribution in [0, 0.1) is 0 Å². The van der Waals surface area contributed by atoms with E-state index in [0.717, 1.165) is 0 Å². The SMILES string of the molecule is CC(=O)c1cccc(NC(=O)c2ccc(Cl)c(S(=O)(=O)NCc3ccco3)c2)c1. The fourth-order valence-electron chi connectivity index (χ4n) is 2.53. The van der Waals surface area contributed by atoms with E-state index in [4.69, 9.17) is 16.0 Å². The van der Waals surface area contributed by atoms with Gasteiger partial charge in [0.15, 0.2) is 5.78 Å². The second-order valence-electron chi connectivity index (χ2n) is 6.14. The van der Waals surface area contributed by atoms with E-state index in [-0.39, 0.29) is 27.8 Å². The van der Waals surface area contributed by atoms with E-state index in [2.05, 4.69) is 10.0 Å². The number of rotatable bonds is 7. The molecule has 2 N–H and O–H groups in total. The number of Topliss-reactive ketones (excluding diaryl/α,β-unsaturated/α-hetero) is 1. The molecule has 0 bridgehead atoms. The van der Waals surface area contributed by atoms with Crippen LogP contribution in [0.1, 0.15) is 33.4 Å². The van der Waals surface area contributed by atoms with Crippen molar-refractivity contribution in [1.82, 2.24) is 4.72 Å². The Bertz CT molecular complexity index is 1160. The van der Waals surface area contributed by atoms with Gasteiger partial charge in [-0.25, -0.2) is 13.1 Å². The number of benzene rings is 2. The highest BCUT2D eigenvalue weighted by Gasteiger charge is 2.20. The normalized spacial score (nSPS) is 11.2. The summed E-state index contributed by atoms with van der Waals surface area (Å²) in [6.07, 6.45) is 1.43. The van der Waals surface area contributed by atoms with Crippen LogP contribution in [-0.4, -0.2) is 20.1 Å². The number of nitrogens with one attached hydrogen (secondary N) is 2. The van der Waals surface area contributed by atoms with Crippen molar-refractivity contribution in [3.8, 4) is 0 Å². The molecule has 0 aliphatic rings. The fraction of sp³-hybridized carbons (Fsp3) is 0.100. The smallest absolute Gasteiger partial charge is 0.255 e. The maximum atomic E-state index is 12.6. The lowest BCUT2D eigenvalue weighted by atomic mass is 10.1. The van der Waals surface area contributed by atoms with E-state index in [1.807, 2.05) is 0 Å². The Labute approximate surface area is 172 Å². The number of anilines is 1. The maximum Gasteiger partial charge on any atom is 0.255 e. The van der Waals surface area contributed by atoms with Crippen LogP contribution in [0.15, 0.2) is 70.2 Å². The van der Waals surface area contributed by atoms with Crippen LogP contribution in [0.3, 0.4) is 0 Å². The zero-order valence-electron chi connectivity index (χ0n) is 15.3. The molecule has 0 saturated heterocycles. The van der Waals surface area contributed by atoms with E-state index in [1.165, 1.54) is 31.4 Å². The third-order valence-corrected chi connectivity index (χ3v) is 5.91. The number of carbonyl (C=O) groups is 2. The summed E-state index contributed by atoms with van der Waals surface area (Å²) in [4.78, 5) is 23.8. The molecule has 0 saturated carbocycles. The molecule has 0 radical (unpaired) electrons. The minimum absolute atomic E-state index is 0.0212. The number of hydrogen-bond acceptors (Lipinski definition) is 5. The highest BCUT2D eigenvalue weighted by molar-refractivity contribution is 7.89. The molecular weight excluding hydrogens is 416 g/mol. The maximum absolute atomic E-state index is 12.6. The Morgan fingerprint density at radius 1 is 1.03 bits per heavy atom. The van der Waals surface area contributed by atoms with Crippen molar-refractivity contribution in [3.05, 3.63) is 82.8 Å². The summed E-state index contributed by atoms with van der Waals surface area (Å²) in [6.45, 7) is 1.37. The van der Waals surface area contributed by atoms with Crippen LogP contribution >= 0.6 is 11.6 Å². The van der Waals surface area contributed by atoms with Crippen molar-refractivity contribution in [2.24, 2.45) is 0 Å². The molecule has 1 heterocycles. The summed E-state index contributed by atoms with van der Waals surface area (Å²) in [5, 5.41) is 2.62. The standard InChI is InChI=1S/C20H17ClN2O5S/c1-13(24)14-4-2-5-16(10-14)23-20(25)15-7-8-18(21)19(11-15)29(26,27)22-12-17-6-3-9-28-17/h2-11,22H,12H2,1H3,(H,23,25). The molecule has 3 rings (SSSR count). The van der Waals surface area contributed by atoms with Gasteiger partial charge in [0.1, 0.15) is 10.7 Å². The van der Waals surface area contributed by atoms with Gasteiger partial charge in [-0.15, -0.1) is 0 Å². The fourth-order valence-corrected chi connectivity index (χ4v) is 4.04. The Balaban J connectivity index is 1.81. The molecule has 3 aromatic rings. The van der Waals surface area contributed by atoms with E-state index in [1.54, 1.807) is 36.4 Å². The molecule has 150 valence electrons. The molecule has 0 fully saturated rings. The van der Waals surface area contributed by atoms with Crippen LogP contribution in [0.25, 0.3) is 0 Å². The van der Waals surface area contributed by atoms with E-state index >= 15 is 0 Å². The number of sulfonamides is 1. The zero-order chi connectivity index (χ0) is 21.0. The zero-order valence-corrected chi connectivity index (χ0v) is 16.9. The van der Waals surface area contributed by atoms with Crippen LogP contribution in [-0.2, 0) is 16.6 Å². The number of ketones is 1. The Morgan fingerprint density at radius 2 is 1.83 bits per heavy atom. The monoisotopic (exact) mass is 432 g/mol. The second-order valence-corrected chi connectivity index (χ2v) is 8.28. The molecule has 0 unspecified atom stereocenters. The number of halogens is 1. The molecule has 0 atom stereocenters. The number of amides is 1. The molecule has 9 heteroatoms. The highest BCUT2D eigenvalue weighted by atomic mass is 35.5. The Morgan fingerprint density at radius 3 is 2.52 bits per heavy atom. The lowest BCUT2D eigenvalue weighted by molar-refractivity contribution is 0.101. The molecule has 29 heavy (non-hydrogen) atoms. The average Bonchev–Trinajstić information content (AvgIpc) is 3.20. The number of hydrogen-bond donors (Lipinski definition) is 2. The van der Waals surface area contributed by atoms with Gasteiger partial charge in [-0.05, 0) is 49.4 Å². The predicted octanol–water partition coefficient (Wildman–Crippen LogP) is 3.87. The van der Waals surface area contributed by atoms with Crippen molar-refractivity contribution >= 4 is 39.0 Å². The van der Waals surface area contributed by atoms with Crippen molar-refractivity contribution in [2.45, 2.75) is 18.4 Å². The van der Waals surface area contributed by atoms with E-state index in [0.29, 0.717) is 17.0 Å². The Hall–Kier alpha value is -2.94. The molecule has 0 spiro atoms.